The predicted molar refractivity (Wildman–Crippen MR) is 56.7 cm³/mol. The Balaban J connectivity index is 2.38. The first-order chi connectivity index (χ1) is 6.15. The highest BCUT2D eigenvalue weighted by atomic mass is 15.3. The van der Waals surface area contributed by atoms with E-state index in [1.54, 1.807) is 7.05 Å². The number of aliphatic imine (C=N–C) groups is 1. The zero-order valence-electron chi connectivity index (χ0n) is 8.95. The maximum absolute atomic E-state index is 5.82. The molecule has 0 heterocycles. The van der Waals surface area contributed by atoms with Crippen LogP contribution in [0.3, 0.4) is 0 Å². The van der Waals surface area contributed by atoms with Crippen molar-refractivity contribution in [3.8, 4) is 0 Å². The highest BCUT2D eigenvalue weighted by Crippen LogP contribution is 2.27. The first-order valence-corrected chi connectivity index (χ1v) is 5.14. The van der Waals surface area contributed by atoms with E-state index in [0.717, 1.165) is 12.5 Å². The average Bonchev–Trinajstić information content (AvgIpc) is 2.87. The van der Waals surface area contributed by atoms with Crippen molar-refractivity contribution < 1.29 is 0 Å². The maximum Gasteiger partial charge on any atom is 0.191 e. The molecule has 0 aromatic rings. The highest BCUT2D eigenvalue weighted by Gasteiger charge is 2.29. The van der Waals surface area contributed by atoms with Gasteiger partial charge in [0, 0.05) is 19.6 Å². The molecule has 1 aliphatic carbocycles. The number of rotatable bonds is 4. The average molecular weight is 183 g/mol. The van der Waals surface area contributed by atoms with Gasteiger partial charge in [0.2, 0.25) is 0 Å². The molecule has 0 atom stereocenters. The Morgan fingerprint density at radius 3 is 2.54 bits per heavy atom. The Morgan fingerprint density at radius 2 is 2.15 bits per heavy atom. The van der Waals surface area contributed by atoms with Gasteiger partial charge in [-0.2, -0.15) is 0 Å². The van der Waals surface area contributed by atoms with Crippen molar-refractivity contribution >= 4 is 5.96 Å². The lowest BCUT2D eigenvalue weighted by Crippen LogP contribution is -2.40. The number of nitrogens with zero attached hydrogens (tertiary/aromatic N) is 2. The second-order valence-electron chi connectivity index (χ2n) is 4.19. The van der Waals surface area contributed by atoms with Gasteiger partial charge in [-0.15, -0.1) is 0 Å². The van der Waals surface area contributed by atoms with Gasteiger partial charge in [-0.1, -0.05) is 13.8 Å². The van der Waals surface area contributed by atoms with E-state index in [4.69, 9.17) is 5.73 Å². The quantitative estimate of drug-likeness (QED) is 0.529. The molecule has 0 aliphatic heterocycles. The van der Waals surface area contributed by atoms with E-state index in [-0.39, 0.29) is 0 Å². The van der Waals surface area contributed by atoms with Gasteiger partial charge < -0.3 is 10.6 Å². The molecular weight excluding hydrogens is 162 g/mol. The molecule has 1 fully saturated rings. The molecule has 0 radical (unpaired) electrons. The first kappa shape index (κ1) is 10.4. The van der Waals surface area contributed by atoms with E-state index in [1.807, 2.05) is 0 Å². The minimum Gasteiger partial charge on any atom is -0.370 e. The molecule has 3 nitrogen and oxygen atoms in total. The van der Waals surface area contributed by atoms with Crippen molar-refractivity contribution in [3.05, 3.63) is 0 Å². The molecule has 0 amide bonds. The normalized spacial score (nSPS) is 18.0. The Morgan fingerprint density at radius 1 is 1.54 bits per heavy atom. The second-order valence-corrected chi connectivity index (χ2v) is 4.19. The number of nitrogens with two attached hydrogens (primary N) is 1. The van der Waals surface area contributed by atoms with Crippen LogP contribution < -0.4 is 5.73 Å². The zero-order chi connectivity index (χ0) is 9.84. The molecule has 3 heteroatoms. The summed E-state index contributed by atoms with van der Waals surface area (Å²) in [4.78, 5) is 6.30. The van der Waals surface area contributed by atoms with Crippen LogP contribution in [0.2, 0.25) is 0 Å². The van der Waals surface area contributed by atoms with Crippen LogP contribution in [0.1, 0.15) is 33.1 Å². The van der Waals surface area contributed by atoms with Crippen molar-refractivity contribution in [1.82, 2.24) is 4.90 Å². The van der Waals surface area contributed by atoms with Crippen LogP contribution in [0.25, 0.3) is 0 Å². The van der Waals surface area contributed by atoms with Crippen molar-refractivity contribution in [2.75, 3.05) is 13.6 Å². The lowest BCUT2D eigenvalue weighted by molar-refractivity contribution is 0.368. The standard InChI is InChI=1S/C10H21N3/c1-8(2)6-7-13(9-4-5-9)10(11)12-3/h8-9H,4-7H2,1-3H3,(H2,11,12). The molecule has 0 aromatic carbocycles. The molecule has 0 saturated heterocycles. The van der Waals surface area contributed by atoms with Gasteiger partial charge in [0.15, 0.2) is 5.96 Å². The minimum absolute atomic E-state index is 0.683. The minimum atomic E-state index is 0.683. The smallest absolute Gasteiger partial charge is 0.191 e. The van der Waals surface area contributed by atoms with E-state index in [0.29, 0.717) is 12.0 Å². The molecule has 1 saturated carbocycles. The predicted octanol–water partition coefficient (Wildman–Crippen LogP) is 1.44. The van der Waals surface area contributed by atoms with Crippen LogP contribution in [-0.2, 0) is 0 Å². The van der Waals surface area contributed by atoms with Crippen molar-refractivity contribution in [3.63, 3.8) is 0 Å². The fourth-order valence-corrected chi connectivity index (χ4v) is 1.40. The molecule has 0 unspecified atom stereocenters. The van der Waals surface area contributed by atoms with E-state index in [2.05, 4.69) is 23.7 Å². The van der Waals surface area contributed by atoms with Gasteiger partial charge in [0.05, 0.1) is 0 Å². The van der Waals surface area contributed by atoms with Gasteiger partial charge >= 0.3 is 0 Å². The van der Waals surface area contributed by atoms with Crippen molar-refractivity contribution in [1.29, 1.82) is 0 Å². The summed E-state index contributed by atoms with van der Waals surface area (Å²) in [6, 6.07) is 0.683. The molecule has 2 N–H and O–H groups in total. The summed E-state index contributed by atoms with van der Waals surface area (Å²) in [6.07, 6.45) is 3.77. The first-order valence-electron chi connectivity index (χ1n) is 5.14. The van der Waals surface area contributed by atoms with Crippen LogP contribution in [0.4, 0.5) is 0 Å². The third-order valence-corrected chi connectivity index (χ3v) is 2.46. The molecule has 1 aliphatic rings. The van der Waals surface area contributed by atoms with Crippen LogP contribution in [0.5, 0.6) is 0 Å². The molecule has 13 heavy (non-hydrogen) atoms. The topological polar surface area (TPSA) is 41.6 Å². The summed E-state index contributed by atoms with van der Waals surface area (Å²) in [7, 11) is 1.76. The van der Waals surface area contributed by atoms with Gasteiger partial charge in [0.1, 0.15) is 0 Å². The summed E-state index contributed by atoms with van der Waals surface area (Å²) in [6.45, 7) is 5.54. The van der Waals surface area contributed by atoms with Crippen LogP contribution >= 0.6 is 0 Å². The summed E-state index contributed by atoms with van der Waals surface area (Å²) in [5, 5.41) is 0. The van der Waals surface area contributed by atoms with Crippen molar-refractivity contribution in [2.24, 2.45) is 16.6 Å². The summed E-state index contributed by atoms with van der Waals surface area (Å²) in [5.74, 6) is 1.45. The fourth-order valence-electron chi connectivity index (χ4n) is 1.40. The molecule has 1 rings (SSSR count). The Bertz CT molecular complexity index is 183. The van der Waals surface area contributed by atoms with Gasteiger partial charge in [-0.3, -0.25) is 4.99 Å². The highest BCUT2D eigenvalue weighted by molar-refractivity contribution is 5.78. The number of hydrogen-bond donors (Lipinski definition) is 1. The largest absolute Gasteiger partial charge is 0.370 e. The van der Waals surface area contributed by atoms with Crippen LogP contribution in [-0.4, -0.2) is 30.5 Å². The third kappa shape index (κ3) is 3.25. The Hall–Kier alpha value is -0.730. The third-order valence-electron chi connectivity index (χ3n) is 2.46. The van der Waals surface area contributed by atoms with Crippen LogP contribution in [0, 0.1) is 5.92 Å². The fraction of sp³-hybridized carbons (Fsp3) is 0.900. The zero-order valence-corrected chi connectivity index (χ0v) is 8.95. The van der Waals surface area contributed by atoms with Gasteiger partial charge in [0.25, 0.3) is 0 Å². The van der Waals surface area contributed by atoms with E-state index >= 15 is 0 Å². The molecule has 0 bridgehead atoms. The SMILES string of the molecule is CN=C(N)N(CCC(C)C)C1CC1. The molecule has 0 spiro atoms. The van der Waals surface area contributed by atoms with Gasteiger partial charge in [-0.25, -0.2) is 0 Å². The van der Waals surface area contributed by atoms with E-state index < -0.39 is 0 Å². The maximum atomic E-state index is 5.82. The lowest BCUT2D eigenvalue weighted by atomic mass is 10.1. The Kier molecular flexibility index (Phi) is 3.58. The van der Waals surface area contributed by atoms with Crippen molar-refractivity contribution in [2.45, 2.75) is 39.2 Å². The molecule has 0 aromatic heterocycles. The van der Waals surface area contributed by atoms with Crippen LogP contribution in [0.15, 0.2) is 4.99 Å². The van der Waals surface area contributed by atoms with E-state index in [1.165, 1.54) is 19.3 Å². The Labute approximate surface area is 81.0 Å². The van der Waals surface area contributed by atoms with E-state index in [9.17, 15) is 0 Å². The summed E-state index contributed by atoms with van der Waals surface area (Å²) in [5.41, 5.74) is 5.82. The molecular formula is C10H21N3. The lowest BCUT2D eigenvalue weighted by Gasteiger charge is -2.23. The second kappa shape index (κ2) is 4.49. The number of guanidine groups is 1. The summed E-state index contributed by atoms with van der Waals surface area (Å²) < 4.78 is 0. The number of hydrogen-bond acceptors (Lipinski definition) is 1. The summed E-state index contributed by atoms with van der Waals surface area (Å²) >= 11 is 0. The van der Waals surface area contributed by atoms with Gasteiger partial charge in [-0.05, 0) is 25.2 Å². The molecule has 76 valence electrons. The monoisotopic (exact) mass is 183 g/mol.